The lowest BCUT2D eigenvalue weighted by molar-refractivity contribution is 0.415. The van der Waals surface area contributed by atoms with Crippen molar-refractivity contribution in [2.75, 3.05) is 11.4 Å². The second-order valence-corrected chi connectivity index (χ2v) is 6.45. The maximum absolute atomic E-state index is 6.17. The van der Waals surface area contributed by atoms with Crippen molar-refractivity contribution in [2.24, 2.45) is 5.73 Å². The first-order chi connectivity index (χ1) is 9.75. The van der Waals surface area contributed by atoms with Crippen molar-refractivity contribution in [3.63, 3.8) is 0 Å². The third-order valence-electron chi connectivity index (χ3n) is 5.04. The molecule has 2 heterocycles. The molecule has 0 spiro atoms. The van der Waals surface area contributed by atoms with Crippen LogP contribution in [0, 0.1) is 0 Å². The predicted octanol–water partition coefficient (Wildman–Crippen LogP) is 2.56. The van der Waals surface area contributed by atoms with Crippen LogP contribution in [0.2, 0.25) is 0 Å². The topological polar surface area (TPSA) is 70.8 Å². The fourth-order valence-corrected chi connectivity index (χ4v) is 3.58. The first-order valence-corrected chi connectivity index (χ1v) is 8.20. The largest absolute Gasteiger partial charge is 0.335 e. The van der Waals surface area contributed by atoms with Gasteiger partial charge in [-0.3, -0.25) is 5.10 Å². The minimum Gasteiger partial charge on any atom is -0.335 e. The molecule has 2 aliphatic rings. The summed E-state index contributed by atoms with van der Waals surface area (Å²) in [6, 6.07) is 0.574. The molecule has 0 aromatic carbocycles. The normalized spacial score (nSPS) is 29.4. The summed E-state index contributed by atoms with van der Waals surface area (Å²) in [7, 11) is 0. The first kappa shape index (κ1) is 13.9. The van der Waals surface area contributed by atoms with Crippen LogP contribution in [0.3, 0.4) is 0 Å². The third-order valence-corrected chi connectivity index (χ3v) is 5.04. The molecular weight excluding hydrogens is 250 g/mol. The molecule has 2 unspecified atom stereocenters. The quantitative estimate of drug-likeness (QED) is 0.815. The smallest absolute Gasteiger partial charge is 0.245 e. The lowest BCUT2D eigenvalue weighted by Gasteiger charge is -2.36. The zero-order valence-electron chi connectivity index (χ0n) is 12.5. The molecule has 20 heavy (non-hydrogen) atoms. The van der Waals surface area contributed by atoms with E-state index in [1.54, 1.807) is 0 Å². The Labute approximate surface area is 121 Å². The van der Waals surface area contributed by atoms with Gasteiger partial charge in [0.1, 0.15) is 5.82 Å². The van der Waals surface area contributed by atoms with Gasteiger partial charge >= 0.3 is 0 Å². The van der Waals surface area contributed by atoms with Gasteiger partial charge in [-0.1, -0.05) is 25.7 Å². The molecule has 3 rings (SSSR count). The summed E-state index contributed by atoms with van der Waals surface area (Å²) in [4.78, 5) is 7.06. The van der Waals surface area contributed by atoms with Crippen LogP contribution in [-0.2, 0) is 0 Å². The van der Waals surface area contributed by atoms with E-state index in [2.05, 4.69) is 22.0 Å². The van der Waals surface area contributed by atoms with E-state index in [0.717, 1.165) is 31.2 Å². The van der Waals surface area contributed by atoms with Crippen molar-refractivity contribution in [1.29, 1.82) is 0 Å². The van der Waals surface area contributed by atoms with Crippen LogP contribution in [0.25, 0.3) is 0 Å². The average molecular weight is 277 g/mol. The summed E-state index contributed by atoms with van der Waals surface area (Å²) >= 11 is 0. The van der Waals surface area contributed by atoms with Gasteiger partial charge in [-0.05, 0) is 32.6 Å². The minimum atomic E-state index is 0.239. The zero-order chi connectivity index (χ0) is 13.9. The van der Waals surface area contributed by atoms with Crippen LogP contribution in [0.1, 0.15) is 70.0 Å². The van der Waals surface area contributed by atoms with E-state index in [-0.39, 0.29) is 6.04 Å². The highest BCUT2D eigenvalue weighted by Gasteiger charge is 2.28. The summed E-state index contributed by atoms with van der Waals surface area (Å²) in [5.74, 6) is 2.52. The standard InChI is InChI=1S/C15H27N5/c1-11-13(16)9-6-10-20(11)15-17-14(18-19-15)12-7-4-2-3-5-8-12/h11-13H,2-10,16H2,1H3,(H,17,18,19). The van der Waals surface area contributed by atoms with Gasteiger partial charge in [-0.15, -0.1) is 5.10 Å². The fourth-order valence-electron chi connectivity index (χ4n) is 3.58. The molecule has 5 nitrogen and oxygen atoms in total. The van der Waals surface area contributed by atoms with E-state index >= 15 is 0 Å². The fraction of sp³-hybridized carbons (Fsp3) is 0.867. The number of rotatable bonds is 2. The maximum atomic E-state index is 6.17. The molecule has 1 aromatic heterocycles. The van der Waals surface area contributed by atoms with E-state index in [1.165, 1.54) is 38.5 Å². The molecule has 5 heteroatoms. The van der Waals surface area contributed by atoms with Gasteiger partial charge in [0.25, 0.3) is 0 Å². The number of nitrogens with zero attached hydrogens (tertiary/aromatic N) is 3. The summed E-state index contributed by atoms with van der Waals surface area (Å²) in [6.07, 6.45) is 10.1. The van der Waals surface area contributed by atoms with Crippen LogP contribution in [0.15, 0.2) is 0 Å². The Morgan fingerprint density at radius 2 is 1.85 bits per heavy atom. The number of aromatic nitrogens is 3. The molecule has 1 saturated heterocycles. The van der Waals surface area contributed by atoms with Crippen molar-refractivity contribution in [1.82, 2.24) is 15.2 Å². The number of nitrogens with two attached hydrogens (primary N) is 1. The van der Waals surface area contributed by atoms with E-state index in [0.29, 0.717) is 12.0 Å². The molecule has 1 saturated carbocycles. The van der Waals surface area contributed by atoms with E-state index in [4.69, 9.17) is 10.7 Å². The number of H-pyrrole nitrogens is 1. The summed E-state index contributed by atoms with van der Waals surface area (Å²) in [5.41, 5.74) is 6.17. The maximum Gasteiger partial charge on any atom is 0.245 e. The molecular formula is C15H27N5. The van der Waals surface area contributed by atoms with E-state index < -0.39 is 0 Å². The molecule has 112 valence electrons. The van der Waals surface area contributed by atoms with Gasteiger partial charge < -0.3 is 10.6 Å². The number of anilines is 1. The molecule has 1 aromatic rings. The van der Waals surface area contributed by atoms with Crippen molar-refractivity contribution in [3.8, 4) is 0 Å². The monoisotopic (exact) mass is 277 g/mol. The predicted molar refractivity (Wildman–Crippen MR) is 80.8 cm³/mol. The Morgan fingerprint density at radius 1 is 1.10 bits per heavy atom. The number of piperidine rings is 1. The second-order valence-electron chi connectivity index (χ2n) is 6.45. The third kappa shape index (κ3) is 2.82. The van der Waals surface area contributed by atoms with Gasteiger partial charge in [0, 0.05) is 24.5 Å². The minimum absolute atomic E-state index is 0.239. The Kier molecular flexibility index (Phi) is 4.24. The van der Waals surface area contributed by atoms with E-state index in [9.17, 15) is 0 Å². The Bertz CT molecular complexity index is 422. The number of hydrogen-bond acceptors (Lipinski definition) is 4. The van der Waals surface area contributed by atoms with Crippen LogP contribution in [0.4, 0.5) is 5.95 Å². The van der Waals surface area contributed by atoms with Gasteiger partial charge in [0.05, 0.1) is 0 Å². The highest BCUT2D eigenvalue weighted by molar-refractivity contribution is 5.32. The van der Waals surface area contributed by atoms with Crippen molar-refractivity contribution >= 4 is 5.95 Å². The van der Waals surface area contributed by atoms with Crippen LogP contribution >= 0.6 is 0 Å². The first-order valence-electron chi connectivity index (χ1n) is 8.20. The number of nitrogens with one attached hydrogen (secondary N) is 1. The van der Waals surface area contributed by atoms with Gasteiger partial charge in [-0.25, -0.2) is 0 Å². The molecule has 0 bridgehead atoms. The number of hydrogen-bond donors (Lipinski definition) is 2. The SMILES string of the molecule is CC1C(N)CCCN1c1n[nH]c(C2CCCCCC2)n1. The van der Waals surface area contributed by atoms with E-state index in [1.807, 2.05) is 0 Å². The highest BCUT2D eigenvalue weighted by atomic mass is 15.4. The molecule has 2 atom stereocenters. The molecule has 0 radical (unpaired) electrons. The second kappa shape index (κ2) is 6.12. The lowest BCUT2D eigenvalue weighted by Crippen LogP contribution is -2.51. The lowest BCUT2D eigenvalue weighted by atomic mass is 9.99. The van der Waals surface area contributed by atoms with Gasteiger partial charge in [-0.2, -0.15) is 4.98 Å². The highest BCUT2D eigenvalue weighted by Crippen LogP contribution is 2.31. The van der Waals surface area contributed by atoms with Gasteiger partial charge in [0.2, 0.25) is 5.95 Å². The Morgan fingerprint density at radius 3 is 2.60 bits per heavy atom. The molecule has 1 aliphatic carbocycles. The summed E-state index contributed by atoms with van der Waals surface area (Å²) in [6.45, 7) is 3.21. The zero-order valence-corrected chi connectivity index (χ0v) is 12.5. The Hall–Kier alpha value is -1.10. The van der Waals surface area contributed by atoms with Crippen LogP contribution in [-0.4, -0.2) is 33.8 Å². The molecule has 1 aliphatic heterocycles. The van der Waals surface area contributed by atoms with Crippen LogP contribution < -0.4 is 10.6 Å². The summed E-state index contributed by atoms with van der Waals surface area (Å²) < 4.78 is 0. The van der Waals surface area contributed by atoms with Crippen molar-refractivity contribution in [2.45, 2.75) is 76.3 Å². The van der Waals surface area contributed by atoms with Crippen LogP contribution in [0.5, 0.6) is 0 Å². The molecule has 0 amide bonds. The van der Waals surface area contributed by atoms with Gasteiger partial charge in [0.15, 0.2) is 0 Å². The average Bonchev–Trinajstić information content (AvgIpc) is 2.77. The summed E-state index contributed by atoms with van der Waals surface area (Å²) in [5, 5.41) is 7.66. The Balaban J connectivity index is 1.72. The molecule has 3 N–H and O–H groups in total. The van der Waals surface area contributed by atoms with Crippen molar-refractivity contribution < 1.29 is 0 Å². The van der Waals surface area contributed by atoms with Crippen molar-refractivity contribution in [3.05, 3.63) is 5.82 Å². The molecule has 2 fully saturated rings. The number of aromatic amines is 1.